The Labute approximate surface area is 174 Å². The number of rotatable bonds is 20. The van der Waals surface area contributed by atoms with Gasteiger partial charge in [-0.05, 0) is 13.3 Å². The zero-order valence-corrected chi connectivity index (χ0v) is 18.8. The fourth-order valence-electron chi connectivity index (χ4n) is 3.92. The van der Waals surface area contributed by atoms with Crippen molar-refractivity contribution in [2.24, 2.45) is 11.5 Å². The van der Waals surface area contributed by atoms with Crippen molar-refractivity contribution < 1.29 is 15.3 Å². The molecule has 0 aromatic carbocycles. The molecule has 5 heteroatoms. The Bertz CT molecular complexity index is 345. The third kappa shape index (κ3) is 16.7. The first-order valence-corrected chi connectivity index (χ1v) is 11.9. The SMILES string of the molecule is CCCCCCCCCCCCCCCCCCC(N)(CC(O)(O)O)C(C)N. The van der Waals surface area contributed by atoms with Gasteiger partial charge in [0.05, 0.1) is 0 Å². The fraction of sp³-hybridized carbons (Fsp3) is 1.00. The summed E-state index contributed by atoms with van der Waals surface area (Å²) in [6.07, 6.45) is 21.2. The number of hydrogen-bond acceptors (Lipinski definition) is 5. The Morgan fingerprint density at radius 1 is 0.643 bits per heavy atom. The minimum Gasteiger partial charge on any atom is -0.344 e. The number of hydrogen-bond donors (Lipinski definition) is 5. The smallest absolute Gasteiger partial charge is 0.277 e. The van der Waals surface area contributed by atoms with E-state index in [1.807, 2.05) is 0 Å². The molecule has 0 aliphatic rings. The predicted octanol–water partition coefficient (Wildman–Crippen LogP) is 4.70. The molecule has 0 fully saturated rings. The summed E-state index contributed by atoms with van der Waals surface area (Å²) < 4.78 is 0. The van der Waals surface area contributed by atoms with Gasteiger partial charge in [0.1, 0.15) is 0 Å². The van der Waals surface area contributed by atoms with E-state index in [1.165, 1.54) is 89.9 Å². The van der Waals surface area contributed by atoms with E-state index in [2.05, 4.69) is 6.92 Å². The van der Waals surface area contributed by atoms with Crippen LogP contribution in [0.1, 0.15) is 129 Å². The maximum atomic E-state index is 9.21. The topological polar surface area (TPSA) is 113 Å². The maximum absolute atomic E-state index is 9.21. The quantitative estimate of drug-likeness (QED) is 0.150. The van der Waals surface area contributed by atoms with Crippen LogP contribution < -0.4 is 11.5 Å². The molecule has 0 saturated carbocycles. The lowest BCUT2D eigenvalue weighted by Crippen LogP contribution is -2.58. The molecular formula is C23H50N2O3. The van der Waals surface area contributed by atoms with Crippen LogP contribution in [0.15, 0.2) is 0 Å². The first-order chi connectivity index (χ1) is 13.2. The molecule has 2 unspecified atom stereocenters. The first kappa shape index (κ1) is 27.8. The van der Waals surface area contributed by atoms with Crippen molar-refractivity contribution in [3.8, 4) is 0 Å². The van der Waals surface area contributed by atoms with Crippen LogP contribution in [0.25, 0.3) is 0 Å². The van der Waals surface area contributed by atoms with Gasteiger partial charge in [-0.15, -0.1) is 0 Å². The van der Waals surface area contributed by atoms with Crippen molar-refractivity contribution in [3.63, 3.8) is 0 Å². The standard InChI is InChI=1S/C23H50N2O3/c1-3-4-5-6-7-8-9-10-11-12-13-14-15-16-17-18-19-22(25,21(2)24)20-23(26,27)28/h21,26-28H,3-20,24-25H2,1-2H3. The monoisotopic (exact) mass is 402 g/mol. The molecule has 2 atom stereocenters. The van der Waals surface area contributed by atoms with Crippen molar-refractivity contribution in [2.45, 2.75) is 147 Å². The average molecular weight is 403 g/mol. The van der Waals surface area contributed by atoms with E-state index in [-0.39, 0.29) is 6.42 Å². The summed E-state index contributed by atoms with van der Waals surface area (Å²) in [5, 5.41) is 27.6. The van der Waals surface area contributed by atoms with Crippen LogP contribution in [0.5, 0.6) is 0 Å². The molecule has 170 valence electrons. The predicted molar refractivity (Wildman–Crippen MR) is 119 cm³/mol. The molecule has 0 rings (SSSR count). The van der Waals surface area contributed by atoms with Crippen LogP contribution in [-0.4, -0.2) is 32.9 Å². The lowest BCUT2D eigenvalue weighted by Gasteiger charge is -2.36. The van der Waals surface area contributed by atoms with Crippen molar-refractivity contribution in [3.05, 3.63) is 0 Å². The van der Waals surface area contributed by atoms with Crippen LogP contribution in [-0.2, 0) is 0 Å². The lowest BCUT2D eigenvalue weighted by molar-refractivity contribution is -0.321. The van der Waals surface area contributed by atoms with E-state index in [0.29, 0.717) is 6.42 Å². The zero-order chi connectivity index (χ0) is 21.3. The van der Waals surface area contributed by atoms with E-state index in [0.717, 1.165) is 12.8 Å². The van der Waals surface area contributed by atoms with Gasteiger partial charge in [0.25, 0.3) is 5.97 Å². The Balaban J connectivity index is 3.47. The van der Waals surface area contributed by atoms with Gasteiger partial charge in [-0.1, -0.05) is 110 Å². The van der Waals surface area contributed by atoms with Crippen LogP contribution in [0.2, 0.25) is 0 Å². The highest BCUT2D eigenvalue weighted by Crippen LogP contribution is 2.24. The average Bonchev–Trinajstić information content (AvgIpc) is 2.59. The minimum atomic E-state index is -2.75. The molecule has 0 bridgehead atoms. The second kappa shape index (κ2) is 16.6. The molecule has 7 N–H and O–H groups in total. The van der Waals surface area contributed by atoms with Crippen molar-refractivity contribution in [1.82, 2.24) is 0 Å². The van der Waals surface area contributed by atoms with Gasteiger partial charge >= 0.3 is 0 Å². The maximum Gasteiger partial charge on any atom is 0.277 e. The molecule has 5 nitrogen and oxygen atoms in total. The summed E-state index contributed by atoms with van der Waals surface area (Å²) in [4.78, 5) is 0. The summed E-state index contributed by atoms with van der Waals surface area (Å²) in [7, 11) is 0. The molecule has 0 saturated heterocycles. The minimum absolute atomic E-state index is 0.323. The Kier molecular flexibility index (Phi) is 16.5. The Morgan fingerprint density at radius 3 is 1.25 bits per heavy atom. The van der Waals surface area contributed by atoms with Gasteiger partial charge < -0.3 is 26.8 Å². The fourth-order valence-corrected chi connectivity index (χ4v) is 3.92. The molecule has 0 aromatic rings. The lowest BCUT2D eigenvalue weighted by atomic mass is 9.83. The largest absolute Gasteiger partial charge is 0.344 e. The van der Waals surface area contributed by atoms with Gasteiger partial charge in [-0.25, -0.2) is 0 Å². The number of unbranched alkanes of at least 4 members (excludes halogenated alkanes) is 15. The molecule has 0 spiro atoms. The zero-order valence-electron chi connectivity index (χ0n) is 18.8. The van der Waals surface area contributed by atoms with Gasteiger partial charge in [-0.3, -0.25) is 0 Å². The normalized spacial score (nSPS) is 15.5. The highest BCUT2D eigenvalue weighted by molar-refractivity contribution is 4.93. The first-order valence-electron chi connectivity index (χ1n) is 11.9. The molecular weight excluding hydrogens is 352 g/mol. The van der Waals surface area contributed by atoms with Crippen LogP contribution in [0, 0.1) is 0 Å². The van der Waals surface area contributed by atoms with Crippen molar-refractivity contribution in [2.75, 3.05) is 0 Å². The molecule has 0 radical (unpaired) electrons. The Hall–Kier alpha value is -0.200. The van der Waals surface area contributed by atoms with E-state index in [1.54, 1.807) is 6.92 Å². The highest BCUT2D eigenvalue weighted by Gasteiger charge is 2.37. The number of nitrogens with two attached hydrogens (primary N) is 2. The summed E-state index contributed by atoms with van der Waals surface area (Å²) in [6.45, 7) is 4.02. The molecule has 0 heterocycles. The van der Waals surface area contributed by atoms with Crippen LogP contribution in [0.3, 0.4) is 0 Å². The van der Waals surface area contributed by atoms with Gasteiger partial charge in [0, 0.05) is 18.0 Å². The summed E-state index contributed by atoms with van der Waals surface area (Å²) in [6, 6.07) is -0.408. The molecule has 0 aromatic heterocycles. The molecule has 0 aliphatic carbocycles. The van der Waals surface area contributed by atoms with Crippen molar-refractivity contribution >= 4 is 0 Å². The van der Waals surface area contributed by atoms with E-state index in [9.17, 15) is 15.3 Å². The van der Waals surface area contributed by atoms with E-state index < -0.39 is 17.6 Å². The Morgan fingerprint density at radius 2 is 0.964 bits per heavy atom. The number of aliphatic hydroxyl groups is 3. The van der Waals surface area contributed by atoms with Gasteiger partial charge in [0.2, 0.25) is 0 Å². The summed E-state index contributed by atoms with van der Waals surface area (Å²) in [5.41, 5.74) is 11.1. The van der Waals surface area contributed by atoms with E-state index in [4.69, 9.17) is 11.5 Å². The van der Waals surface area contributed by atoms with Gasteiger partial charge in [-0.2, -0.15) is 0 Å². The second-order valence-corrected chi connectivity index (χ2v) is 9.03. The summed E-state index contributed by atoms with van der Waals surface area (Å²) in [5.74, 6) is -2.75. The summed E-state index contributed by atoms with van der Waals surface area (Å²) >= 11 is 0. The van der Waals surface area contributed by atoms with Crippen LogP contribution in [0.4, 0.5) is 0 Å². The highest BCUT2D eigenvalue weighted by atomic mass is 16.7. The van der Waals surface area contributed by atoms with Crippen LogP contribution >= 0.6 is 0 Å². The van der Waals surface area contributed by atoms with E-state index >= 15 is 0 Å². The molecule has 0 amide bonds. The van der Waals surface area contributed by atoms with Crippen molar-refractivity contribution in [1.29, 1.82) is 0 Å². The molecule has 0 aliphatic heterocycles. The molecule has 28 heavy (non-hydrogen) atoms. The third-order valence-corrected chi connectivity index (χ3v) is 5.97. The third-order valence-electron chi connectivity index (χ3n) is 5.97. The van der Waals surface area contributed by atoms with Gasteiger partial charge in [0.15, 0.2) is 0 Å². The second-order valence-electron chi connectivity index (χ2n) is 9.03.